The molecule has 1 aliphatic heterocycles. The lowest BCUT2D eigenvalue weighted by Crippen LogP contribution is -2.25. The monoisotopic (exact) mass is 455 g/mol. The Hall–Kier alpha value is -3.49. The quantitative estimate of drug-likeness (QED) is 0.594. The highest BCUT2D eigenvalue weighted by atomic mass is 19.4. The number of hydrogen-bond acceptors (Lipinski definition) is 5. The summed E-state index contributed by atoms with van der Waals surface area (Å²) < 4.78 is 40.1. The van der Waals surface area contributed by atoms with Gasteiger partial charge in [-0.05, 0) is 55.2 Å². The molecule has 2 aromatic heterocycles. The first-order valence-electron chi connectivity index (χ1n) is 10.6. The Kier molecular flexibility index (Phi) is 5.82. The zero-order valence-electron chi connectivity index (χ0n) is 18.8. The summed E-state index contributed by atoms with van der Waals surface area (Å²) in [5, 5.41) is 3.93. The molecule has 3 aromatic rings. The van der Waals surface area contributed by atoms with Gasteiger partial charge in [0.1, 0.15) is 11.6 Å². The van der Waals surface area contributed by atoms with Crippen LogP contribution in [0, 0.1) is 13.8 Å². The fourth-order valence-corrected chi connectivity index (χ4v) is 4.12. The first kappa shape index (κ1) is 22.7. The molecule has 172 valence electrons. The van der Waals surface area contributed by atoms with E-state index in [9.17, 15) is 18.0 Å². The molecule has 6 nitrogen and oxygen atoms in total. The third kappa shape index (κ3) is 4.53. The summed E-state index contributed by atoms with van der Waals surface area (Å²) >= 11 is 0. The summed E-state index contributed by atoms with van der Waals surface area (Å²) in [4.78, 5) is 26.8. The number of pyridine rings is 1. The molecular weight excluding hydrogens is 431 g/mol. The third-order valence-corrected chi connectivity index (χ3v) is 5.90. The van der Waals surface area contributed by atoms with Gasteiger partial charge in [0, 0.05) is 26.2 Å². The molecule has 1 N–H and O–H groups in total. The molecule has 0 spiro atoms. The van der Waals surface area contributed by atoms with Crippen molar-refractivity contribution in [1.29, 1.82) is 0 Å². The van der Waals surface area contributed by atoms with Crippen LogP contribution in [-0.2, 0) is 11.0 Å². The Bertz CT molecular complexity index is 1270. The Morgan fingerprint density at radius 3 is 2.64 bits per heavy atom. The van der Waals surface area contributed by atoms with Crippen molar-refractivity contribution in [1.82, 2.24) is 19.9 Å². The SMILES string of the molecule is CC(=O)N1CC=C(c2cnc3nc(C)nc(N[C@H](C)c4cccc(C(F)(F)F)c4C)c3c2)C1. The number of rotatable bonds is 4. The van der Waals surface area contributed by atoms with Crippen molar-refractivity contribution in [2.75, 3.05) is 18.4 Å². The van der Waals surface area contributed by atoms with Gasteiger partial charge in [0.2, 0.25) is 5.91 Å². The molecule has 0 saturated heterocycles. The number of nitrogens with one attached hydrogen (secondary N) is 1. The number of halogens is 3. The van der Waals surface area contributed by atoms with Gasteiger partial charge in [-0.1, -0.05) is 18.2 Å². The summed E-state index contributed by atoms with van der Waals surface area (Å²) in [6.45, 7) is 7.59. The first-order valence-corrected chi connectivity index (χ1v) is 10.6. The molecule has 4 rings (SSSR count). The molecule has 33 heavy (non-hydrogen) atoms. The third-order valence-electron chi connectivity index (χ3n) is 5.90. The van der Waals surface area contributed by atoms with E-state index < -0.39 is 17.8 Å². The van der Waals surface area contributed by atoms with Crippen molar-refractivity contribution in [2.45, 2.75) is 39.9 Å². The maximum Gasteiger partial charge on any atom is 0.416 e. The largest absolute Gasteiger partial charge is 0.416 e. The summed E-state index contributed by atoms with van der Waals surface area (Å²) in [6.07, 6.45) is -0.713. The predicted molar refractivity (Wildman–Crippen MR) is 121 cm³/mol. The van der Waals surface area contributed by atoms with Crippen molar-refractivity contribution in [2.24, 2.45) is 0 Å². The van der Waals surface area contributed by atoms with Crippen LogP contribution in [0.4, 0.5) is 19.0 Å². The minimum absolute atomic E-state index is 0.00148. The van der Waals surface area contributed by atoms with Gasteiger partial charge in [-0.25, -0.2) is 15.0 Å². The minimum atomic E-state index is -4.42. The fourth-order valence-electron chi connectivity index (χ4n) is 4.12. The van der Waals surface area contributed by atoms with Crippen LogP contribution in [0.25, 0.3) is 16.6 Å². The van der Waals surface area contributed by atoms with Crippen LogP contribution < -0.4 is 5.32 Å². The normalized spacial score (nSPS) is 15.0. The van der Waals surface area contributed by atoms with E-state index in [-0.39, 0.29) is 11.5 Å². The van der Waals surface area contributed by atoms with Crippen LogP contribution in [0.5, 0.6) is 0 Å². The topological polar surface area (TPSA) is 71.0 Å². The molecule has 1 aromatic carbocycles. The first-order chi connectivity index (χ1) is 15.5. The highest BCUT2D eigenvalue weighted by Crippen LogP contribution is 2.35. The van der Waals surface area contributed by atoms with E-state index >= 15 is 0 Å². The molecule has 0 radical (unpaired) electrons. The molecule has 1 atom stereocenters. The summed E-state index contributed by atoms with van der Waals surface area (Å²) in [7, 11) is 0. The number of hydrogen-bond donors (Lipinski definition) is 1. The van der Waals surface area contributed by atoms with Crippen LogP contribution in [-0.4, -0.2) is 38.8 Å². The molecule has 0 aliphatic carbocycles. The second kappa shape index (κ2) is 8.46. The van der Waals surface area contributed by atoms with E-state index in [1.807, 2.05) is 12.1 Å². The molecule has 0 unspecified atom stereocenters. The van der Waals surface area contributed by atoms with Crippen molar-refractivity contribution >= 4 is 28.3 Å². The van der Waals surface area contributed by atoms with E-state index in [4.69, 9.17) is 0 Å². The highest BCUT2D eigenvalue weighted by Gasteiger charge is 2.33. The molecular formula is C24H24F3N5O. The van der Waals surface area contributed by atoms with Gasteiger partial charge in [-0.3, -0.25) is 4.79 Å². The number of alkyl halides is 3. The Labute approximate surface area is 189 Å². The van der Waals surface area contributed by atoms with Crippen LogP contribution in [0.1, 0.15) is 48.0 Å². The zero-order chi connectivity index (χ0) is 23.9. The molecule has 3 heterocycles. The standard InChI is InChI=1S/C24H24F3N5O/c1-13-19(6-5-7-21(13)24(25,26)27)14(2)29-23-20-10-18(11-28-22(20)30-15(3)31-23)17-8-9-32(12-17)16(4)33/h5-8,10-11,14H,9,12H2,1-4H3,(H,28,29,30,31)/t14-/m1/s1. The Morgan fingerprint density at radius 2 is 1.97 bits per heavy atom. The maximum absolute atomic E-state index is 13.4. The van der Waals surface area contributed by atoms with Crippen LogP contribution in [0.3, 0.4) is 0 Å². The number of aryl methyl sites for hydroxylation is 1. The lowest BCUT2D eigenvalue weighted by Gasteiger charge is -2.21. The van der Waals surface area contributed by atoms with E-state index in [0.717, 1.165) is 17.2 Å². The minimum Gasteiger partial charge on any atom is -0.363 e. The van der Waals surface area contributed by atoms with Crippen LogP contribution >= 0.6 is 0 Å². The van der Waals surface area contributed by atoms with Gasteiger partial charge in [0.05, 0.1) is 17.0 Å². The number of carbonyl (C=O) groups is 1. The van der Waals surface area contributed by atoms with Gasteiger partial charge in [0.25, 0.3) is 0 Å². The second-order valence-electron chi connectivity index (χ2n) is 8.23. The van der Waals surface area contributed by atoms with Gasteiger partial charge < -0.3 is 10.2 Å². The molecule has 1 aliphatic rings. The van der Waals surface area contributed by atoms with Crippen molar-refractivity contribution in [3.05, 3.63) is 64.6 Å². The predicted octanol–water partition coefficient (Wildman–Crippen LogP) is 5.08. The van der Waals surface area contributed by atoms with Gasteiger partial charge >= 0.3 is 6.18 Å². The number of aromatic nitrogens is 3. The average molecular weight is 455 g/mol. The smallest absolute Gasteiger partial charge is 0.363 e. The molecule has 9 heteroatoms. The van der Waals surface area contributed by atoms with Crippen LogP contribution in [0.2, 0.25) is 0 Å². The van der Waals surface area contributed by atoms with Gasteiger partial charge in [0.15, 0.2) is 5.65 Å². The summed E-state index contributed by atoms with van der Waals surface area (Å²) in [6, 6.07) is 5.66. The molecule has 0 fully saturated rings. The van der Waals surface area contributed by atoms with Gasteiger partial charge in [-0.15, -0.1) is 0 Å². The summed E-state index contributed by atoms with van der Waals surface area (Å²) in [5.74, 6) is 1.00. The van der Waals surface area contributed by atoms with Crippen molar-refractivity contribution in [3.63, 3.8) is 0 Å². The molecule has 0 saturated carbocycles. The van der Waals surface area contributed by atoms with E-state index in [1.54, 1.807) is 31.0 Å². The summed E-state index contributed by atoms with van der Waals surface area (Å²) in [5.41, 5.74) is 2.39. The average Bonchev–Trinajstić information content (AvgIpc) is 3.23. The lowest BCUT2D eigenvalue weighted by atomic mass is 9.97. The number of benzene rings is 1. The van der Waals surface area contributed by atoms with E-state index in [0.29, 0.717) is 41.3 Å². The van der Waals surface area contributed by atoms with Gasteiger partial charge in [-0.2, -0.15) is 13.2 Å². The van der Waals surface area contributed by atoms with E-state index in [2.05, 4.69) is 20.3 Å². The fraction of sp³-hybridized carbons (Fsp3) is 0.333. The molecule has 1 amide bonds. The highest BCUT2D eigenvalue weighted by molar-refractivity contribution is 5.90. The lowest BCUT2D eigenvalue weighted by molar-refractivity contribution is -0.138. The van der Waals surface area contributed by atoms with Crippen molar-refractivity contribution in [3.8, 4) is 0 Å². The number of amides is 1. The van der Waals surface area contributed by atoms with E-state index in [1.165, 1.54) is 19.9 Å². The maximum atomic E-state index is 13.4. The molecule has 0 bridgehead atoms. The van der Waals surface area contributed by atoms with Crippen molar-refractivity contribution < 1.29 is 18.0 Å². The number of nitrogens with zero attached hydrogens (tertiary/aromatic N) is 4. The number of anilines is 1. The Balaban J connectivity index is 1.70. The Morgan fingerprint density at radius 1 is 1.21 bits per heavy atom. The zero-order valence-corrected chi connectivity index (χ0v) is 18.8. The van der Waals surface area contributed by atoms with Crippen LogP contribution in [0.15, 0.2) is 36.5 Å². The second-order valence-corrected chi connectivity index (χ2v) is 8.23. The number of carbonyl (C=O) groups excluding carboxylic acids is 1. The number of fused-ring (bicyclic) bond motifs is 1.